The second-order valence-corrected chi connectivity index (χ2v) is 9.74. The van der Waals surface area contributed by atoms with Gasteiger partial charge in [-0.2, -0.15) is 0 Å². The van der Waals surface area contributed by atoms with Gasteiger partial charge in [0.2, 0.25) is 0 Å². The van der Waals surface area contributed by atoms with Crippen LogP contribution in [0, 0.1) is 0 Å². The van der Waals surface area contributed by atoms with E-state index >= 15 is 0 Å². The van der Waals surface area contributed by atoms with Gasteiger partial charge < -0.3 is 9.64 Å². The molecular formula is C20H24N2O7S. The number of rotatable bonds is 7. The minimum Gasteiger partial charge on any atom is -0.452 e. The Morgan fingerprint density at radius 2 is 1.90 bits per heavy atom. The normalized spacial score (nSPS) is 19.7. The van der Waals surface area contributed by atoms with Crippen molar-refractivity contribution in [3.05, 3.63) is 34.9 Å². The van der Waals surface area contributed by atoms with Crippen molar-refractivity contribution in [3.63, 3.8) is 0 Å². The van der Waals surface area contributed by atoms with E-state index < -0.39 is 40.3 Å². The summed E-state index contributed by atoms with van der Waals surface area (Å²) in [5.74, 6) is -2.21. The lowest BCUT2D eigenvalue weighted by Gasteiger charge is -2.23. The Labute approximate surface area is 174 Å². The molecule has 30 heavy (non-hydrogen) atoms. The molecule has 0 aromatic heterocycles. The van der Waals surface area contributed by atoms with Gasteiger partial charge in [0.05, 0.1) is 28.2 Å². The zero-order valence-electron chi connectivity index (χ0n) is 16.9. The summed E-state index contributed by atoms with van der Waals surface area (Å²) >= 11 is 0. The molecule has 0 radical (unpaired) electrons. The summed E-state index contributed by atoms with van der Waals surface area (Å²) in [7, 11) is -1.66. The molecule has 0 unspecified atom stereocenters. The average Bonchev–Trinajstić information content (AvgIpc) is 3.20. The van der Waals surface area contributed by atoms with Gasteiger partial charge >= 0.3 is 5.97 Å². The summed E-state index contributed by atoms with van der Waals surface area (Å²) in [5.41, 5.74) is 0.446. The standard InChI is InChI=1S/C20H24N2O7S/c1-3-4-8-22-18(24)15-6-5-13(10-16(15)19(22)25)20(26)29-11-17(23)21(2)14-7-9-30(27,28)12-14/h5-6,10,14H,3-4,7-9,11-12H2,1-2H3/t14-/m0/s1. The number of imide groups is 1. The Hall–Kier alpha value is -2.75. The zero-order valence-corrected chi connectivity index (χ0v) is 17.7. The van der Waals surface area contributed by atoms with Crippen LogP contribution in [0.5, 0.6) is 0 Å². The number of hydrogen-bond acceptors (Lipinski definition) is 7. The van der Waals surface area contributed by atoms with Crippen LogP contribution in [0.15, 0.2) is 18.2 Å². The fourth-order valence-electron chi connectivity index (χ4n) is 3.53. The molecular weight excluding hydrogens is 412 g/mol. The van der Waals surface area contributed by atoms with Crippen LogP contribution in [0.1, 0.15) is 57.3 Å². The molecule has 10 heteroatoms. The predicted molar refractivity (Wildman–Crippen MR) is 107 cm³/mol. The van der Waals surface area contributed by atoms with Crippen molar-refractivity contribution in [2.24, 2.45) is 0 Å². The van der Waals surface area contributed by atoms with Gasteiger partial charge in [-0.25, -0.2) is 13.2 Å². The minimum atomic E-state index is -3.14. The molecule has 1 aromatic carbocycles. The molecule has 1 atom stereocenters. The number of likely N-dealkylation sites (N-methyl/N-ethyl adjacent to an activating group) is 1. The number of ether oxygens (including phenoxy) is 1. The van der Waals surface area contributed by atoms with E-state index in [1.54, 1.807) is 0 Å². The molecule has 0 aliphatic carbocycles. The summed E-state index contributed by atoms with van der Waals surface area (Å²) in [4.78, 5) is 51.9. The van der Waals surface area contributed by atoms with E-state index in [2.05, 4.69) is 0 Å². The van der Waals surface area contributed by atoms with Crippen molar-refractivity contribution in [2.75, 3.05) is 31.7 Å². The molecule has 0 spiro atoms. The Kier molecular flexibility index (Phi) is 6.25. The first-order valence-electron chi connectivity index (χ1n) is 9.78. The molecule has 1 fully saturated rings. The van der Waals surface area contributed by atoms with Crippen LogP contribution in [0.4, 0.5) is 0 Å². The summed E-state index contributed by atoms with van der Waals surface area (Å²) in [6, 6.07) is 3.67. The molecule has 2 aliphatic rings. The average molecular weight is 436 g/mol. The maximum Gasteiger partial charge on any atom is 0.338 e. The lowest BCUT2D eigenvalue weighted by molar-refractivity contribution is -0.134. The number of carbonyl (C=O) groups excluding carboxylic acids is 4. The number of carbonyl (C=O) groups is 4. The molecule has 0 N–H and O–H groups in total. The van der Waals surface area contributed by atoms with E-state index in [0.717, 1.165) is 11.3 Å². The number of hydrogen-bond donors (Lipinski definition) is 0. The number of amides is 3. The van der Waals surface area contributed by atoms with Crippen molar-refractivity contribution in [3.8, 4) is 0 Å². The van der Waals surface area contributed by atoms with E-state index in [1.807, 2.05) is 6.92 Å². The Bertz CT molecular complexity index is 1000. The maximum absolute atomic E-state index is 12.5. The second-order valence-electron chi connectivity index (χ2n) is 7.51. The highest BCUT2D eigenvalue weighted by Crippen LogP contribution is 2.25. The highest BCUT2D eigenvalue weighted by atomic mass is 32.2. The molecule has 0 bridgehead atoms. The first-order valence-corrected chi connectivity index (χ1v) is 11.6. The minimum absolute atomic E-state index is 0.0340. The number of sulfone groups is 1. The van der Waals surface area contributed by atoms with Crippen molar-refractivity contribution < 1.29 is 32.3 Å². The van der Waals surface area contributed by atoms with Gasteiger partial charge in [0.25, 0.3) is 17.7 Å². The van der Waals surface area contributed by atoms with Crippen molar-refractivity contribution in [2.45, 2.75) is 32.2 Å². The predicted octanol–water partition coefficient (Wildman–Crippen LogP) is 0.885. The van der Waals surface area contributed by atoms with Crippen LogP contribution >= 0.6 is 0 Å². The molecule has 162 valence electrons. The van der Waals surface area contributed by atoms with Crippen molar-refractivity contribution >= 4 is 33.5 Å². The summed E-state index contributed by atoms with van der Waals surface area (Å²) in [6.07, 6.45) is 1.88. The fraction of sp³-hybridized carbons (Fsp3) is 0.500. The fourth-order valence-corrected chi connectivity index (χ4v) is 5.31. The Balaban J connectivity index is 1.62. The SMILES string of the molecule is CCCCN1C(=O)c2ccc(C(=O)OCC(=O)N(C)[C@H]3CCS(=O)(=O)C3)cc2C1=O. The number of nitrogens with zero attached hydrogens (tertiary/aromatic N) is 2. The van der Waals surface area contributed by atoms with Gasteiger partial charge in [-0.05, 0) is 31.0 Å². The molecule has 1 aromatic rings. The van der Waals surface area contributed by atoms with Crippen molar-refractivity contribution in [1.82, 2.24) is 9.80 Å². The second kappa shape index (κ2) is 8.55. The largest absolute Gasteiger partial charge is 0.452 e. The first-order chi connectivity index (χ1) is 14.1. The Morgan fingerprint density at radius 1 is 1.20 bits per heavy atom. The summed E-state index contributed by atoms with van der Waals surface area (Å²) in [6.45, 7) is 1.73. The van der Waals surface area contributed by atoms with Crippen LogP contribution < -0.4 is 0 Å². The summed E-state index contributed by atoms with van der Waals surface area (Å²) < 4.78 is 28.2. The third-order valence-electron chi connectivity index (χ3n) is 5.42. The highest BCUT2D eigenvalue weighted by Gasteiger charge is 2.36. The third-order valence-corrected chi connectivity index (χ3v) is 7.17. The van der Waals surface area contributed by atoms with Gasteiger partial charge in [0.15, 0.2) is 16.4 Å². The topological polar surface area (TPSA) is 118 Å². The molecule has 3 amide bonds. The highest BCUT2D eigenvalue weighted by molar-refractivity contribution is 7.91. The quantitative estimate of drug-likeness (QED) is 0.460. The molecule has 3 rings (SSSR count). The van der Waals surface area contributed by atoms with E-state index in [0.29, 0.717) is 19.4 Å². The molecule has 9 nitrogen and oxygen atoms in total. The van der Waals surface area contributed by atoms with Gasteiger partial charge in [-0.15, -0.1) is 0 Å². The molecule has 2 heterocycles. The third kappa shape index (κ3) is 4.38. The molecule has 2 aliphatic heterocycles. The summed E-state index contributed by atoms with van der Waals surface area (Å²) in [5, 5.41) is 0. The van der Waals surface area contributed by atoms with Gasteiger partial charge in [-0.1, -0.05) is 13.3 Å². The Morgan fingerprint density at radius 3 is 2.53 bits per heavy atom. The number of esters is 1. The van der Waals surface area contributed by atoms with Crippen LogP contribution in [0.3, 0.4) is 0 Å². The van der Waals surface area contributed by atoms with E-state index in [9.17, 15) is 27.6 Å². The van der Waals surface area contributed by atoms with Gasteiger partial charge in [0, 0.05) is 19.6 Å². The number of benzene rings is 1. The van der Waals surface area contributed by atoms with Crippen molar-refractivity contribution in [1.29, 1.82) is 0 Å². The van der Waals surface area contributed by atoms with E-state index in [-0.39, 0.29) is 34.1 Å². The molecule has 0 saturated carbocycles. The van der Waals surface area contributed by atoms with E-state index in [4.69, 9.17) is 4.74 Å². The van der Waals surface area contributed by atoms with Crippen LogP contribution in [-0.4, -0.2) is 79.7 Å². The maximum atomic E-state index is 12.5. The van der Waals surface area contributed by atoms with Gasteiger partial charge in [0.1, 0.15) is 0 Å². The first kappa shape index (κ1) is 21.9. The molecule has 1 saturated heterocycles. The lowest BCUT2D eigenvalue weighted by atomic mass is 10.1. The smallest absolute Gasteiger partial charge is 0.338 e. The van der Waals surface area contributed by atoms with Gasteiger partial charge in [-0.3, -0.25) is 19.3 Å². The number of fused-ring (bicyclic) bond motifs is 1. The van der Waals surface area contributed by atoms with Crippen LogP contribution in [0.25, 0.3) is 0 Å². The van der Waals surface area contributed by atoms with Crippen LogP contribution in [-0.2, 0) is 19.4 Å². The monoisotopic (exact) mass is 436 g/mol. The van der Waals surface area contributed by atoms with Crippen LogP contribution in [0.2, 0.25) is 0 Å². The number of unbranched alkanes of at least 4 members (excludes halogenated alkanes) is 1. The zero-order chi connectivity index (χ0) is 22.1. The lowest BCUT2D eigenvalue weighted by Crippen LogP contribution is -2.40. The van der Waals surface area contributed by atoms with E-state index in [1.165, 1.54) is 30.1 Å².